The van der Waals surface area contributed by atoms with E-state index >= 15 is 0 Å². The Balaban J connectivity index is 1.77. The molecule has 1 atom stereocenters. The van der Waals surface area contributed by atoms with E-state index in [1.807, 2.05) is 41.2 Å². The predicted octanol–water partition coefficient (Wildman–Crippen LogP) is 1.99. The van der Waals surface area contributed by atoms with Crippen LogP contribution in [0.2, 0.25) is 0 Å². The van der Waals surface area contributed by atoms with Crippen molar-refractivity contribution in [2.24, 2.45) is 5.73 Å². The van der Waals surface area contributed by atoms with E-state index < -0.39 is 0 Å². The maximum absolute atomic E-state index is 12.1. The van der Waals surface area contributed by atoms with Crippen molar-refractivity contribution in [3.63, 3.8) is 0 Å². The second-order valence-corrected chi connectivity index (χ2v) is 5.39. The van der Waals surface area contributed by atoms with E-state index in [1.54, 1.807) is 4.57 Å². The molecule has 0 bridgehead atoms. The van der Waals surface area contributed by atoms with E-state index in [1.165, 1.54) is 5.56 Å². The summed E-state index contributed by atoms with van der Waals surface area (Å²) in [4.78, 5) is 12.1. The molecule has 4 heteroatoms. The molecule has 1 heterocycles. The highest BCUT2D eigenvalue weighted by Crippen LogP contribution is 2.33. The van der Waals surface area contributed by atoms with Crippen molar-refractivity contribution < 1.29 is 0 Å². The fraction of sp³-hybridized carbons (Fsp3) is 0.400. The highest BCUT2D eigenvalue weighted by Gasteiger charge is 2.25. The lowest BCUT2D eigenvalue weighted by atomic mass is 10.1. The first-order valence-electron chi connectivity index (χ1n) is 6.74. The number of nitrogens with zero attached hydrogens (tertiary/aromatic N) is 2. The lowest BCUT2D eigenvalue weighted by Gasteiger charge is -2.12. The summed E-state index contributed by atoms with van der Waals surface area (Å²) in [6.45, 7) is 2.58. The van der Waals surface area contributed by atoms with Crippen LogP contribution in [0.15, 0.2) is 41.5 Å². The Hall–Kier alpha value is -1.81. The van der Waals surface area contributed by atoms with Gasteiger partial charge >= 0.3 is 5.69 Å². The van der Waals surface area contributed by atoms with Crippen molar-refractivity contribution in [2.45, 2.75) is 38.4 Å². The quantitative estimate of drug-likeness (QED) is 0.910. The fourth-order valence-corrected chi connectivity index (χ4v) is 2.33. The highest BCUT2D eigenvalue weighted by atomic mass is 16.1. The van der Waals surface area contributed by atoms with Gasteiger partial charge in [0, 0.05) is 31.0 Å². The molecule has 100 valence electrons. The van der Waals surface area contributed by atoms with Crippen LogP contribution in [0, 0.1) is 6.92 Å². The van der Waals surface area contributed by atoms with Crippen molar-refractivity contribution in [1.29, 1.82) is 0 Å². The molecule has 3 rings (SSSR count). The lowest BCUT2D eigenvalue weighted by Crippen LogP contribution is -2.28. The Kier molecular flexibility index (Phi) is 3.03. The number of aryl methyl sites for hydroxylation is 1. The molecule has 2 N–H and O–H groups in total. The highest BCUT2D eigenvalue weighted by molar-refractivity contribution is 5.23. The fourth-order valence-electron chi connectivity index (χ4n) is 2.33. The minimum Gasteiger partial charge on any atom is -0.322 e. The van der Waals surface area contributed by atoms with Crippen LogP contribution in [0.25, 0.3) is 0 Å². The Morgan fingerprint density at radius 1 is 1.26 bits per heavy atom. The van der Waals surface area contributed by atoms with E-state index in [4.69, 9.17) is 5.73 Å². The molecule has 0 aliphatic heterocycles. The Labute approximate surface area is 112 Å². The van der Waals surface area contributed by atoms with Crippen molar-refractivity contribution in [3.05, 3.63) is 58.3 Å². The lowest BCUT2D eigenvalue weighted by molar-refractivity contribution is 0.545. The number of hydrogen-bond donors (Lipinski definition) is 1. The van der Waals surface area contributed by atoms with Gasteiger partial charge in [-0.1, -0.05) is 29.8 Å². The minimum absolute atomic E-state index is 0.0602. The van der Waals surface area contributed by atoms with E-state index in [-0.39, 0.29) is 11.7 Å². The molecule has 0 amide bonds. The van der Waals surface area contributed by atoms with Crippen LogP contribution >= 0.6 is 0 Å². The molecular formula is C15H19N3O. The van der Waals surface area contributed by atoms with Gasteiger partial charge in [0.1, 0.15) is 0 Å². The maximum atomic E-state index is 12.1. The average molecular weight is 257 g/mol. The average Bonchev–Trinajstić information content (AvgIpc) is 3.17. The number of imidazole rings is 1. The zero-order chi connectivity index (χ0) is 13.4. The molecule has 0 radical (unpaired) electrons. The monoisotopic (exact) mass is 257 g/mol. The van der Waals surface area contributed by atoms with Crippen molar-refractivity contribution in [2.75, 3.05) is 0 Å². The second kappa shape index (κ2) is 4.70. The van der Waals surface area contributed by atoms with Gasteiger partial charge in [-0.15, -0.1) is 0 Å². The van der Waals surface area contributed by atoms with Crippen molar-refractivity contribution >= 4 is 0 Å². The van der Waals surface area contributed by atoms with Gasteiger partial charge in [-0.3, -0.25) is 9.13 Å². The molecular weight excluding hydrogens is 238 g/mol. The molecule has 1 aliphatic carbocycles. The zero-order valence-electron chi connectivity index (χ0n) is 11.1. The predicted molar refractivity (Wildman–Crippen MR) is 75.1 cm³/mol. The summed E-state index contributed by atoms with van der Waals surface area (Å²) in [5, 5.41) is 0. The summed E-state index contributed by atoms with van der Waals surface area (Å²) in [5.74, 6) is 0. The third kappa shape index (κ3) is 2.49. The standard InChI is InChI=1S/C15H19N3O/c1-11-2-4-12(5-3-11)14(16)10-17-8-9-18(15(17)19)13-6-7-13/h2-5,8-9,13-14H,6-7,10,16H2,1H3. The summed E-state index contributed by atoms with van der Waals surface area (Å²) >= 11 is 0. The van der Waals surface area contributed by atoms with Gasteiger partial charge in [-0.25, -0.2) is 4.79 Å². The molecule has 1 aliphatic rings. The first-order valence-corrected chi connectivity index (χ1v) is 6.74. The largest absolute Gasteiger partial charge is 0.328 e. The van der Waals surface area contributed by atoms with Gasteiger partial charge in [-0.05, 0) is 25.3 Å². The summed E-state index contributed by atoms with van der Waals surface area (Å²) < 4.78 is 3.53. The third-order valence-electron chi connectivity index (χ3n) is 3.71. The van der Waals surface area contributed by atoms with Crippen LogP contribution in [0.4, 0.5) is 0 Å². The van der Waals surface area contributed by atoms with E-state index in [0.717, 1.165) is 18.4 Å². The summed E-state index contributed by atoms with van der Waals surface area (Å²) in [7, 11) is 0. The van der Waals surface area contributed by atoms with E-state index in [9.17, 15) is 4.79 Å². The Morgan fingerprint density at radius 2 is 1.95 bits per heavy atom. The molecule has 1 aromatic heterocycles. The topological polar surface area (TPSA) is 52.9 Å². The maximum Gasteiger partial charge on any atom is 0.328 e. The van der Waals surface area contributed by atoms with Crippen LogP contribution in [0.5, 0.6) is 0 Å². The molecule has 1 unspecified atom stereocenters. The van der Waals surface area contributed by atoms with E-state index in [0.29, 0.717) is 12.6 Å². The molecule has 1 aromatic carbocycles. The molecule has 19 heavy (non-hydrogen) atoms. The van der Waals surface area contributed by atoms with Crippen LogP contribution in [-0.4, -0.2) is 9.13 Å². The SMILES string of the molecule is Cc1ccc(C(N)Cn2ccn(C3CC3)c2=O)cc1. The van der Waals surface area contributed by atoms with E-state index in [2.05, 4.69) is 6.92 Å². The van der Waals surface area contributed by atoms with Crippen LogP contribution in [0.1, 0.15) is 36.1 Å². The van der Waals surface area contributed by atoms with Crippen LogP contribution in [-0.2, 0) is 6.54 Å². The molecule has 1 fully saturated rings. The molecule has 0 saturated heterocycles. The molecule has 1 saturated carbocycles. The molecule has 2 aromatic rings. The van der Waals surface area contributed by atoms with Gasteiger partial charge in [0.25, 0.3) is 0 Å². The van der Waals surface area contributed by atoms with Crippen molar-refractivity contribution in [1.82, 2.24) is 9.13 Å². The number of hydrogen-bond acceptors (Lipinski definition) is 2. The number of benzene rings is 1. The number of aromatic nitrogens is 2. The number of rotatable bonds is 4. The first kappa shape index (κ1) is 12.2. The van der Waals surface area contributed by atoms with Gasteiger partial charge in [0.15, 0.2) is 0 Å². The van der Waals surface area contributed by atoms with Gasteiger partial charge in [0.2, 0.25) is 0 Å². The Bertz CT molecular complexity index is 620. The summed E-state index contributed by atoms with van der Waals surface area (Å²) in [6.07, 6.45) is 5.96. The normalized spacial score (nSPS) is 16.5. The summed E-state index contributed by atoms with van der Waals surface area (Å²) in [6, 6.07) is 8.43. The smallest absolute Gasteiger partial charge is 0.322 e. The van der Waals surface area contributed by atoms with Gasteiger partial charge in [0.05, 0.1) is 0 Å². The van der Waals surface area contributed by atoms with Crippen LogP contribution < -0.4 is 11.4 Å². The van der Waals surface area contributed by atoms with Crippen LogP contribution in [0.3, 0.4) is 0 Å². The second-order valence-electron chi connectivity index (χ2n) is 5.39. The third-order valence-corrected chi connectivity index (χ3v) is 3.71. The first-order chi connectivity index (χ1) is 9.15. The number of nitrogens with two attached hydrogens (primary N) is 1. The van der Waals surface area contributed by atoms with Gasteiger partial charge < -0.3 is 5.73 Å². The molecule has 0 spiro atoms. The zero-order valence-corrected chi connectivity index (χ0v) is 11.1. The molecule has 4 nitrogen and oxygen atoms in total. The Morgan fingerprint density at radius 3 is 2.58 bits per heavy atom. The van der Waals surface area contributed by atoms with Gasteiger partial charge in [-0.2, -0.15) is 0 Å². The summed E-state index contributed by atoms with van der Waals surface area (Å²) in [5.41, 5.74) is 8.52. The minimum atomic E-state index is -0.145. The van der Waals surface area contributed by atoms with Crippen molar-refractivity contribution in [3.8, 4) is 0 Å².